The minimum absolute atomic E-state index is 0.0703. The van der Waals surface area contributed by atoms with Crippen molar-refractivity contribution in [3.8, 4) is 11.5 Å². The minimum atomic E-state index is -4.14. The summed E-state index contributed by atoms with van der Waals surface area (Å²) in [5, 5.41) is 2.54. The zero-order valence-electron chi connectivity index (χ0n) is 13.3. The van der Waals surface area contributed by atoms with Gasteiger partial charge in [0, 0.05) is 18.2 Å². The summed E-state index contributed by atoms with van der Waals surface area (Å²) in [5.74, 6) is -0.246. The van der Waals surface area contributed by atoms with Gasteiger partial charge in [0.25, 0.3) is 0 Å². The van der Waals surface area contributed by atoms with Gasteiger partial charge in [-0.25, -0.2) is 0 Å². The van der Waals surface area contributed by atoms with Crippen molar-refractivity contribution >= 4 is 43.9 Å². The average molecular weight is 428 g/mol. The van der Waals surface area contributed by atoms with Crippen molar-refractivity contribution in [3.63, 3.8) is 0 Å². The summed E-state index contributed by atoms with van der Waals surface area (Å²) in [6.07, 6.45) is 0.603. The number of rotatable bonds is 6. The summed E-state index contributed by atoms with van der Waals surface area (Å²) in [7, 11) is -2.81. The van der Waals surface area contributed by atoms with Crippen LogP contribution in [-0.4, -0.2) is 27.7 Å². The summed E-state index contributed by atoms with van der Waals surface area (Å²) in [5.41, 5.74) is 0.758. The Morgan fingerprint density at radius 1 is 1.20 bits per heavy atom. The Kier molecular flexibility index (Phi) is 5.81. The Morgan fingerprint density at radius 2 is 1.84 bits per heavy atom. The second kappa shape index (κ2) is 7.66. The van der Waals surface area contributed by atoms with E-state index in [0.29, 0.717) is 17.5 Å². The van der Waals surface area contributed by atoms with E-state index in [-0.39, 0.29) is 26.8 Å². The first-order valence-electron chi connectivity index (χ1n) is 6.91. The van der Waals surface area contributed by atoms with Crippen molar-refractivity contribution in [2.24, 2.45) is 0 Å². The first-order valence-corrected chi connectivity index (χ1v) is 9.12. The van der Waals surface area contributed by atoms with E-state index in [0.717, 1.165) is 0 Å². The maximum atomic E-state index is 12.5. The lowest BCUT2D eigenvalue weighted by atomic mass is 10.2. The van der Waals surface area contributed by atoms with E-state index in [4.69, 9.17) is 8.92 Å². The highest BCUT2D eigenvalue weighted by Gasteiger charge is 2.22. The van der Waals surface area contributed by atoms with Crippen LogP contribution < -0.4 is 14.2 Å². The molecule has 0 atom stereocenters. The number of hydrogen-bond acceptors (Lipinski definition) is 6. The molecule has 0 aliphatic carbocycles. The lowest BCUT2D eigenvalue weighted by Gasteiger charge is -2.13. The zero-order valence-corrected chi connectivity index (χ0v) is 15.7. The first kappa shape index (κ1) is 18.9. The molecule has 0 aromatic heterocycles. The molecular formula is C16H14BrNO6S. The number of carbonyl (C=O) groups excluding carboxylic acids is 2. The van der Waals surface area contributed by atoms with E-state index >= 15 is 0 Å². The van der Waals surface area contributed by atoms with E-state index in [1.165, 1.54) is 50.4 Å². The smallest absolute Gasteiger partial charge is 0.339 e. The predicted octanol–water partition coefficient (Wildman–Crippen LogP) is 3.00. The van der Waals surface area contributed by atoms with Gasteiger partial charge in [-0.15, -0.1) is 0 Å². The van der Waals surface area contributed by atoms with E-state index in [9.17, 15) is 18.0 Å². The molecule has 2 rings (SSSR count). The summed E-state index contributed by atoms with van der Waals surface area (Å²) in [6.45, 7) is 1.35. The van der Waals surface area contributed by atoms with Crippen molar-refractivity contribution in [2.45, 2.75) is 11.8 Å². The van der Waals surface area contributed by atoms with Gasteiger partial charge < -0.3 is 14.2 Å². The second-order valence-corrected chi connectivity index (χ2v) is 7.30. The third kappa shape index (κ3) is 4.58. The van der Waals surface area contributed by atoms with Gasteiger partial charge in [-0.2, -0.15) is 8.42 Å². The molecule has 0 aliphatic heterocycles. The molecule has 0 unspecified atom stereocenters. The lowest BCUT2D eigenvalue weighted by molar-refractivity contribution is -0.114. The largest absolute Gasteiger partial charge is 0.493 e. The molecule has 132 valence electrons. The van der Waals surface area contributed by atoms with Gasteiger partial charge in [0.15, 0.2) is 11.5 Å². The fraction of sp³-hybridized carbons (Fsp3) is 0.125. The molecule has 0 fully saturated rings. The average Bonchev–Trinajstić information content (AvgIpc) is 2.56. The molecule has 0 saturated carbocycles. The molecule has 2 aromatic carbocycles. The highest BCUT2D eigenvalue weighted by atomic mass is 79.9. The molecule has 25 heavy (non-hydrogen) atoms. The molecule has 9 heteroatoms. The molecule has 0 saturated heterocycles. The minimum Gasteiger partial charge on any atom is -0.493 e. The topological polar surface area (TPSA) is 98.8 Å². The highest BCUT2D eigenvalue weighted by Crippen LogP contribution is 2.38. The number of amides is 1. The van der Waals surface area contributed by atoms with Crippen LogP contribution in [0.2, 0.25) is 0 Å². The van der Waals surface area contributed by atoms with E-state index < -0.39 is 10.1 Å². The van der Waals surface area contributed by atoms with Gasteiger partial charge in [-0.3, -0.25) is 9.59 Å². The van der Waals surface area contributed by atoms with Crippen LogP contribution in [0.15, 0.2) is 45.8 Å². The summed E-state index contributed by atoms with van der Waals surface area (Å²) in [6, 6.07) is 8.28. The third-order valence-corrected chi connectivity index (χ3v) is 4.87. The first-order chi connectivity index (χ1) is 11.8. The Labute approximate surface area is 153 Å². The van der Waals surface area contributed by atoms with E-state index in [2.05, 4.69) is 21.2 Å². The van der Waals surface area contributed by atoms with Crippen LogP contribution in [0.5, 0.6) is 11.5 Å². The second-order valence-electron chi connectivity index (χ2n) is 4.89. The van der Waals surface area contributed by atoms with Crippen molar-refractivity contribution in [2.75, 3.05) is 12.4 Å². The molecule has 1 amide bonds. The van der Waals surface area contributed by atoms with Crippen LogP contribution in [0, 0.1) is 0 Å². The van der Waals surface area contributed by atoms with Crippen LogP contribution >= 0.6 is 15.9 Å². The van der Waals surface area contributed by atoms with Crippen LogP contribution in [-0.2, 0) is 14.9 Å². The van der Waals surface area contributed by atoms with Gasteiger partial charge >= 0.3 is 10.1 Å². The SMILES string of the molecule is COc1cc(C=O)cc(Br)c1OS(=O)(=O)c1ccc(NC(C)=O)cc1. The number of carbonyl (C=O) groups is 2. The third-order valence-electron chi connectivity index (χ3n) is 3.04. The Bertz CT molecular complexity index is 909. The molecule has 0 radical (unpaired) electrons. The maximum Gasteiger partial charge on any atom is 0.339 e. The van der Waals surface area contributed by atoms with Crippen LogP contribution in [0.1, 0.15) is 17.3 Å². The summed E-state index contributed by atoms with van der Waals surface area (Å²) < 4.78 is 35.4. The van der Waals surface area contributed by atoms with Crippen molar-refractivity contribution in [3.05, 3.63) is 46.4 Å². The number of nitrogens with one attached hydrogen (secondary N) is 1. The molecule has 2 aromatic rings. The van der Waals surface area contributed by atoms with Gasteiger partial charge in [-0.05, 0) is 52.3 Å². The molecule has 0 heterocycles. The summed E-state index contributed by atoms with van der Waals surface area (Å²) >= 11 is 3.17. The van der Waals surface area contributed by atoms with Crippen LogP contribution in [0.4, 0.5) is 5.69 Å². The number of methoxy groups -OCH3 is 1. The fourth-order valence-corrected chi connectivity index (χ4v) is 3.56. The maximum absolute atomic E-state index is 12.5. The normalized spacial score (nSPS) is 10.8. The number of ether oxygens (including phenoxy) is 1. The number of aldehydes is 1. The van der Waals surface area contributed by atoms with Gasteiger partial charge in [-0.1, -0.05) is 0 Å². The van der Waals surface area contributed by atoms with Gasteiger partial charge in [0.05, 0.1) is 11.6 Å². The van der Waals surface area contributed by atoms with Crippen LogP contribution in [0.3, 0.4) is 0 Å². The number of halogens is 1. The monoisotopic (exact) mass is 427 g/mol. The van der Waals surface area contributed by atoms with Crippen LogP contribution in [0.25, 0.3) is 0 Å². The number of benzene rings is 2. The fourth-order valence-electron chi connectivity index (χ4n) is 1.95. The summed E-state index contributed by atoms with van der Waals surface area (Å²) in [4.78, 5) is 21.8. The van der Waals surface area contributed by atoms with Crippen molar-refractivity contribution in [1.29, 1.82) is 0 Å². The Hall–Kier alpha value is -2.39. The standard InChI is InChI=1S/C16H14BrNO6S/c1-10(20)18-12-3-5-13(6-4-12)25(21,22)24-16-14(17)7-11(9-19)8-15(16)23-2/h3-9H,1-2H3,(H,18,20). The van der Waals surface area contributed by atoms with Gasteiger partial charge in [0.1, 0.15) is 11.2 Å². The van der Waals surface area contributed by atoms with Crippen molar-refractivity contribution in [1.82, 2.24) is 0 Å². The van der Waals surface area contributed by atoms with Gasteiger partial charge in [0.2, 0.25) is 5.91 Å². The lowest BCUT2D eigenvalue weighted by Crippen LogP contribution is -2.11. The molecule has 1 N–H and O–H groups in total. The Morgan fingerprint density at radius 3 is 2.36 bits per heavy atom. The van der Waals surface area contributed by atoms with E-state index in [1.807, 2.05) is 0 Å². The zero-order chi connectivity index (χ0) is 18.6. The highest BCUT2D eigenvalue weighted by molar-refractivity contribution is 9.10. The Balaban J connectivity index is 2.35. The molecular weight excluding hydrogens is 414 g/mol. The quantitative estimate of drug-likeness (QED) is 0.561. The number of hydrogen-bond donors (Lipinski definition) is 1. The predicted molar refractivity (Wildman–Crippen MR) is 94.6 cm³/mol. The molecule has 0 aliphatic rings. The van der Waals surface area contributed by atoms with Crippen molar-refractivity contribution < 1.29 is 26.9 Å². The molecule has 0 bridgehead atoms. The molecule has 0 spiro atoms. The van der Waals surface area contributed by atoms with E-state index in [1.54, 1.807) is 0 Å². The number of anilines is 1. The molecule has 7 nitrogen and oxygen atoms in total.